The molecule has 3 N–H and O–H groups in total. The molecule has 0 spiro atoms. The minimum Gasteiger partial charge on any atom is -0.376 e. The van der Waals surface area contributed by atoms with Gasteiger partial charge in [0.05, 0.1) is 16.9 Å². The molecule has 3 unspecified atom stereocenters. The molecule has 10 nitrogen and oxygen atoms in total. The van der Waals surface area contributed by atoms with Gasteiger partial charge in [-0.05, 0) is 87.9 Å². The van der Waals surface area contributed by atoms with Crippen molar-refractivity contribution in [1.82, 2.24) is 19.9 Å². The molecule has 1 aromatic heterocycles. The first-order chi connectivity index (χ1) is 22.1. The molecule has 3 heterocycles. The number of aryl methyl sites for hydroxylation is 1. The second kappa shape index (κ2) is 13.9. The van der Waals surface area contributed by atoms with E-state index in [1.165, 1.54) is 18.9 Å². The van der Waals surface area contributed by atoms with Gasteiger partial charge >= 0.3 is 12.2 Å². The van der Waals surface area contributed by atoms with Crippen LogP contribution in [-0.2, 0) is 21.2 Å². The fraction of sp³-hybridized carbons (Fsp3) is 0.562. The van der Waals surface area contributed by atoms with Gasteiger partial charge in [0.1, 0.15) is 17.1 Å². The van der Waals surface area contributed by atoms with E-state index in [0.717, 1.165) is 28.5 Å². The van der Waals surface area contributed by atoms with Crippen molar-refractivity contribution in [2.45, 2.75) is 75.7 Å². The summed E-state index contributed by atoms with van der Waals surface area (Å²) in [5.41, 5.74) is 2.70. The molecule has 1 aliphatic carbocycles. The zero-order valence-electron chi connectivity index (χ0n) is 27.4. The van der Waals surface area contributed by atoms with E-state index in [4.69, 9.17) is 4.74 Å². The van der Waals surface area contributed by atoms with Crippen LogP contribution in [0, 0.1) is 11.8 Å². The SMILES string of the molecule is COC1c2c(cc(C3=C(C)CN(C)C(Nc4cccc(N5CCNC5=O)n4)S3)cc2S(=O)(=O)NC(C)C)CCC1C[C@@H](C)C(F)(F)F. The predicted molar refractivity (Wildman–Crippen MR) is 179 cm³/mol. The van der Waals surface area contributed by atoms with Crippen molar-refractivity contribution in [3.8, 4) is 0 Å². The van der Waals surface area contributed by atoms with Crippen LogP contribution >= 0.6 is 11.8 Å². The molecule has 1 aromatic carbocycles. The topological polar surface area (TPSA) is 116 Å². The van der Waals surface area contributed by atoms with Crippen molar-refractivity contribution >= 4 is 44.4 Å². The number of likely N-dealkylation sites (N-methyl/N-ethyl adjacent to an activating group) is 1. The van der Waals surface area contributed by atoms with E-state index in [0.29, 0.717) is 49.7 Å². The van der Waals surface area contributed by atoms with Gasteiger partial charge in [-0.15, -0.1) is 0 Å². The number of carbonyl (C=O) groups is 1. The second-order valence-corrected chi connectivity index (χ2v) is 15.6. The molecular formula is C32H43F3N6O4S2. The van der Waals surface area contributed by atoms with Gasteiger partial charge in [0.2, 0.25) is 10.0 Å². The van der Waals surface area contributed by atoms with E-state index < -0.39 is 40.2 Å². The number of rotatable bonds is 10. The lowest BCUT2D eigenvalue weighted by atomic mass is 9.76. The van der Waals surface area contributed by atoms with E-state index in [1.807, 2.05) is 32.2 Å². The number of halogens is 3. The summed E-state index contributed by atoms with van der Waals surface area (Å²) in [7, 11) is -0.644. The number of pyridine rings is 1. The van der Waals surface area contributed by atoms with E-state index in [2.05, 4.69) is 25.2 Å². The molecule has 1 saturated heterocycles. The van der Waals surface area contributed by atoms with Crippen molar-refractivity contribution in [1.29, 1.82) is 0 Å². The van der Waals surface area contributed by atoms with Crippen LogP contribution in [0.1, 0.15) is 63.3 Å². The lowest BCUT2D eigenvalue weighted by molar-refractivity contribution is -0.177. The molecule has 3 aliphatic rings. The number of hydrogen-bond acceptors (Lipinski definition) is 8. The summed E-state index contributed by atoms with van der Waals surface area (Å²) in [6.45, 7) is 8.30. The minimum absolute atomic E-state index is 0.0394. The quantitative estimate of drug-likeness (QED) is 0.280. The number of ether oxygens (including phenoxy) is 1. The highest BCUT2D eigenvalue weighted by molar-refractivity contribution is 8.09. The third-order valence-electron chi connectivity index (χ3n) is 8.78. The van der Waals surface area contributed by atoms with Gasteiger partial charge in [0, 0.05) is 43.3 Å². The summed E-state index contributed by atoms with van der Waals surface area (Å²) in [4.78, 5) is 21.5. The van der Waals surface area contributed by atoms with Gasteiger partial charge in [-0.3, -0.25) is 9.80 Å². The number of amides is 2. The molecule has 15 heteroatoms. The number of methoxy groups -OCH3 is 1. The van der Waals surface area contributed by atoms with Gasteiger partial charge < -0.3 is 15.4 Å². The highest BCUT2D eigenvalue weighted by Crippen LogP contribution is 2.48. The molecule has 258 valence electrons. The predicted octanol–water partition coefficient (Wildman–Crippen LogP) is 5.94. The lowest BCUT2D eigenvalue weighted by Gasteiger charge is -2.37. The maximum Gasteiger partial charge on any atom is 0.391 e. The summed E-state index contributed by atoms with van der Waals surface area (Å²) in [5.74, 6) is -0.916. The van der Waals surface area contributed by atoms with Crippen LogP contribution in [0.5, 0.6) is 0 Å². The number of sulfonamides is 1. The molecule has 2 aromatic rings. The number of carbonyl (C=O) groups excluding carboxylic acids is 1. The number of hydrogen-bond donors (Lipinski definition) is 3. The molecule has 0 saturated carbocycles. The molecule has 5 rings (SSSR count). The summed E-state index contributed by atoms with van der Waals surface area (Å²) in [6.07, 6.45) is -4.43. The van der Waals surface area contributed by atoms with E-state index >= 15 is 0 Å². The fourth-order valence-electron chi connectivity index (χ4n) is 6.56. The molecule has 0 radical (unpaired) electrons. The van der Waals surface area contributed by atoms with Crippen molar-refractivity contribution in [3.05, 3.63) is 52.6 Å². The van der Waals surface area contributed by atoms with Crippen LogP contribution < -0.4 is 20.3 Å². The zero-order valence-corrected chi connectivity index (χ0v) is 29.1. The number of benzene rings is 1. The Morgan fingerprint density at radius 2 is 1.96 bits per heavy atom. The van der Waals surface area contributed by atoms with E-state index in [1.54, 1.807) is 30.9 Å². The van der Waals surface area contributed by atoms with Crippen LogP contribution in [0.2, 0.25) is 0 Å². The highest BCUT2D eigenvalue weighted by atomic mass is 32.2. The van der Waals surface area contributed by atoms with Crippen molar-refractivity contribution in [3.63, 3.8) is 0 Å². The molecule has 4 atom stereocenters. The number of fused-ring (bicyclic) bond motifs is 1. The van der Waals surface area contributed by atoms with Crippen LogP contribution in [0.25, 0.3) is 4.91 Å². The first kappa shape index (κ1) is 35.5. The first-order valence-electron chi connectivity index (χ1n) is 15.7. The zero-order chi connectivity index (χ0) is 34.3. The normalized spacial score (nSPS) is 23.2. The Balaban J connectivity index is 1.50. The summed E-state index contributed by atoms with van der Waals surface area (Å²) < 4.78 is 76.9. The van der Waals surface area contributed by atoms with E-state index in [9.17, 15) is 26.4 Å². The minimum atomic E-state index is -4.35. The fourth-order valence-corrected chi connectivity index (χ4v) is 9.31. The summed E-state index contributed by atoms with van der Waals surface area (Å²) in [6, 6.07) is 8.48. The van der Waals surface area contributed by atoms with Crippen molar-refractivity contribution in [2.24, 2.45) is 11.8 Å². The summed E-state index contributed by atoms with van der Waals surface area (Å²) in [5, 5.41) is 6.24. The number of aromatic nitrogens is 1. The van der Waals surface area contributed by atoms with Crippen molar-refractivity contribution in [2.75, 3.05) is 44.0 Å². The highest BCUT2D eigenvalue weighted by Gasteiger charge is 2.42. The molecule has 47 heavy (non-hydrogen) atoms. The van der Waals surface area contributed by atoms with Gasteiger partial charge in [-0.1, -0.05) is 30.8 Å². The number of anilines is 2. The smallest absolute Gasteiger partial charge is 0.376 e. The molecule has 0 bridgehead atoms. The third kappa shape index (κ3) is 7.74. The van der Waals surface area contributed by atoms with Crippen LogP contribution in [-0.4, -0.2) is 75.8 Å². The van der Waals surface area contributed by atoms with Crippen LogP contribution in [0.3, 0.4) is 0 Å². The Morgan fingerprint density at radius 1 is 1.21 bits per heavy atom. The van der Waals surface area contributed by atoms with Gasteiger partial charge in [-0.25, -0.2) is 22.9 Å². The molecule has 1 fully saturated rings. The average molecular weight is 697 g/mol. The third-order valence-corrected chi connectivity index (χ3v) is 12.0. The van der Waals surface area contributed by atoms with Gasteiger partial charge in [0.15, 0.2) is 0 Å². The number of nitrogens with one attached hydrogen (secondary N) is 3. The molecular weight excluding hydrogens is 654 g/mol. The Bertz CT molecular complexity index is 1630. The molecule has 2 aliphatic heterocycles. The standard InChI is InChI=1S/C32H43F3N6O4S2/c1-18(2)39-47(43,44)24-16-23(15-21-10-11-22(28(45-6)27(21)24)14-20(4)32(33,34)35)29-19(3)17-40(5)31(46-29)38-25-8-7-9-26(37-25)41-13-12-36-30(41)42/h7-9,15-16,18,20,22,28,31,39H,10-14,17H2,1-6H3,(H,36,42)(H,37,38)/t20-,22?,28?,31?/m1/s1. The number of alkyl halides is 3. The summed E-state index contributed by atoms with van der Waals surface area (Å²) >= 11 is 1.53. The van der Waals surface area contributed by atoms with Crippen LogP contribution in [0.4, 0.5) is 29.6 Å². The average Bonchev–Trinajstić information content (AvgIpc) is 3.42. The second-order valence-electron chi connectivity index (χ2n) is 12.9. The van der Waals surface area contributed by atoms with Gasteiger partial charge in [-0.2, -0.15) is 13.2 Å². The Hall–Kier alpha value is -2.85. The van der Waals surface area contributed by atoms with E-state index in [-0.39, 0.29) is 22.8 Å². The maximum absolute atomic E-state index is 13.9. The Kier molecular flexibility index (Phi) is 10.5. The van der Waals surface area contributed by atoms with Crippen molar-refractivity contribution < 1.29 is 31.1 Å². The maximum atomic E-state index is 13.9. The van der Waals surface area contributed by atoms with Gasteiger partial charge in [0.25, 0.3) is 0 Å². The largest absolute Gasteiger partial charge is 0.391 e. The number of thioether (sulfide) groups is 1. The van der Waals surface area contributed by atoms with Crippen LogP contribution in [0.15, 0.2) is 40.8 Å². The first-order valence-corrected chi connectivity index (χ1v) is 18.1. The Morgan fingerprint density at radius 3 is 2.60 bits per heavy atom. The number of urea groups is 1. The Labute approximate surface area is 278 Å². The lowest BCUT2D eigenvalue weighted by Crippen LogP contribution is -2.39. The monoisotopic (exact) mass is 696 g/mol. The number of nitrogens with zero attached hydrogens (tertiary/aromatic N) is 3. The molecule has 2 amide bonds.